The third kappa shape index (κ3) is 3.94. The molecule has 1 aromatic carbocycles. The average molecular weight is 321 g/mol. The van der Waals surface area contributed by atoms with E-state index in [1.807, 2.05) is 0 Å². The molecule has 1 saturated heterocycles. The Morgan fingerprint density at radius 3 is 2.24 bits per heavy atom. The predicted molar refractivity (Wildman–Crippen MR) is 71.6 cm³/mol. The van der Waals surface area contributed by atoms with E-state index in [0.717, 1.165) is 4.90 Å². The zero-order valence-corrected chi connectivity index (χ0v) is 11.8. The van der Waals surface area contributed by atoms with E-state index in [2.05, 4.69) is 9.71 Å². The van der Waals surface area contributed by atoms with Crippen LogP contribution in [0.25, 0.3) is 0 Å². The Balaban J connectivity index is 2.41. The van der Waals surface area contributed by atoms with E-state index in [9.17, 15) is 21.6 Å². The summed E-state index contributed by atoms with van der Waals surface area (Å²) in [6.07, 6.45) is -4.82. The molecule has 0 aliphatic carbocycles. The number of amidine groups is 1. The highest BCUT2D eigenvalue weighted by atomic mass is 32.2. The summed E-state index contributed by atoms with van der Waals surface area (Å²) in [7, 11) is -4.39. The van der Waals surface area contributed by atoms with Gasteiger partial charge in [-0.15, -0.1) is 4.40 Å². The van der Waals surface area contributed by atoms with Gasteiger partial charge in [-0.05, 0) is 12.1 Å². The van der Waals surface area contributed by atoms with Gasteiger partial charge in [-0.2, -0.15) is 21.6 Å². The van der Waals surface area contributed by atoms with Gasteiger partial charge in [-0.25, -0.2) is 0 Å². The molecule has 5 nitrogen and oxygen atoms in total. The maximum atomic E-state index is 13.1. The lowest BCUT2D eigenvalue weighted by Crippen LogP contribution is -2.51. The smallest absolute Gasteiger partial charge is 0.349 e. The van der Waals surface area contributed by atoms with Gasteiger partial charge in [0.25, 0.3) is 10.0 Å². The van der Waals surface area contributed by atoms with Crippen molar-refractivity contribution in [3.05, 3.63) is 30.3 Å². The summed E-state index contributed by atoms with van der Waals surface area (Å²) in [6.45, 7) is 0.812. The molecule has 0 unspecified atom stereocenters. The van der Waals surface area contributed by atoms with Gasteiger partial charge in [0.15, 0.2) is 0 Å². The number of hydrogen-bond acceptors (Lipinski definition) is 3. The highest BCUT2D eigenvalue weighted by Crippen LogP contribution is 2.23. The molecule has 1 aliphatic heterocycles. The van der Waals surface area contributed by atoms with Crippen molar-refractivity contribution < 1.29 is 21.6 Å². The zero-order valence-electron chi connectivity index (χ0n) is 11.0. The van der Waals surface area contributed by atoms with Gasteiger partial charge in [0.1, 0.15) is 0 Å². The fourth-order valence-electron chi connectivity index (χ4n) is 1.92. The zero-order chi connectivity index (χ0) is 15.5. The van der Waals surface area contributed by atoms with Crippen LogP contribution in [0.4, 0.5) is 13.2 Å². The second-order valence-electron chi connectivity index (χ2n) is 4.44. The number of benzene rings is 1. The van der Waals surface area contributed by atoms with Gasteiger partial charge in [0.2, 0.25) is 5.84 Å². The molecule has 1 aromatic rings. The maximum Gasteiger partial charge on any atom is 0.450 e. The van der Waals surface area contributed by atoms with Crippen molar-refractivity contribution in [3.63, 3.8) is 0 Å². The molecule has 0 saturated carbocycles. The van der Waals surface area contributed by atoms with Gasteiger partial charge in [-0.1, -0.05) is 18.2 Å². The summed E-state index contributed by atoms with van der Waals surface area (Å²) in [6, 6.07) is 6.86. The summed E-state index contributed by atoms with van der Waals surface area (Å²) in [5.74, 6) is -1.37. The minimum atomic E-state index is -4.82. The lowest BCUT2D eigenvalue weighted by Gasteiger charge is -2.30. The summed E-state index contributed by atoms with van der Waals surface area (Å²) in [5, 5.41) is 2.90. The van der Waals surface area contributed by atoms with Crippen molar-refractivity contribution in [2.75, 3.05) is 26.2 Å². The molecule has 0 bridgehead atoms. The fourth-order valence-corrected chi connectivity index (χ4v) is 2.98. The van der Waals surface area contributed by atoms with Crippen LogP contribution in [0.2, 0.25) is 0 Å². The second-order valence-corrected chi connectivity index (χ2v) is 6.04. The molecule has 0 amide bonds. The van der Waals surface area contributed by atoms with E-state index in [-0.39, 0.29) is 18.0 Å². The number of nitrogens with zero attached hydrogens (tertiary/aromatic N) is 2. The Labute approximate surface area is 120 Å². The van der Waals surface area contributed by atoms with Crippen LogP contribution in [0.15, 0.2) is 39.6 Å². The van der Waals surface area contributed by atoms with Gasteiger partial charge < -0.3 is 10.2 Å². The number of rotatable bonds is 2. The first kappa shape index (κ1) is 15.8. The highest BCUT2D eigenvalue weighted by molar-refractivity contribution is 7.90. The van der Waals surface area contributed by atoms with Crippen LogP contribution in [-0.2, 0) is 10.0 Å². The summed E-state index contributed by atoms with van der Waals surface area (Å²) in [4.78, 5) is 0.679. The minimum Gasteiger partial charge on any atom is -0.349 e. The monoisotopic (exact) mass is 321 g/mol. The van der Waals surface area contributed by atoms with Crippen molar-refractivity contribution in [1.29, 1.82) is 0 Å². The fraction of sp³-hybridized carbons (Fsp3) is 0.417. The quantitative estimate of drug-likeness (QED) is 0.658. The van der Waals surface area contributed by atoms with Crippen LogP contribution in [0.1, 0.15) is 0 Å². The number of hydrogen-bond donors (Lipinski definition) is 1. The number of halogens is 3. The summed E-state index contributed by atoms with van der Waals surface area (Å²) in [5.41, 5.74) is 0. The van der Waals surface area contributed by atoms with Crippen LogP contribution in [0, 0.1) is 0 Å². The topological polar surface area (TPSA) is 61.8 Å². The number of alkyl halides is 3. The predicted octanol–water partition coefficient (Wildman–Crippen LogP) is 1.24. The van der Waals surface area contributed by atoms with E-state index in [0.29, 0.717) is 13.1 Å². The molecule has 9 heteroatoms. The van der Waals surface area contributed by atoms with Gasteiger partial charge >= 0.3 is 6.18 Å². The molecule has 1 aliphatic rings. The van der Waals surface area contributed by atoms with Crippen LogP contribution in [-0.4, -0.2) is 51.5 Å². The van der Waals surface area contributed by atoms with E-state index >= 15 is 0 Å². The molecule has 1 fully saturated rings. The molecular weight excluding hydrogens is 307 g/mol. The van der Waals surface area contributed by atoms with Crippen molar-refractivity contribution >= 4 is 15.9 Å². The molecule has 1 heterocycles. The second kappa shape index (κ2) is 6.02. The molecule has 21 heavy (non-hydrogen) atoms. The molecule has 0 atom stereocenters. The molecule has 2 rings (SSSR count). The molecule has 0 radical (unpaired) electrons. The first-order chi connectivity index (χ1) is 9.81. The van der Waals surface area contributed by atoms with Gasteiger partial charge in [0, 0.05) is 26.2 Å². The standard InChI is InChI=1S/C12H14F3N3O2S/c13-12(14,15)11(18-8-6-16-7-9-18)17-21(19,20)10-4-2-1-3-5-10/h1-5,16H,6-9H2. The molecular formula is C12H14F3N3O2S. The first-order valence-corrected chi connectivity index (χ1v) is 7.67. The van der Waals surface area contributed by atoms with Crippen LogP contribution < -0.4 is 5.32 Å². The molecule has 1 N–H and O–H groups in total. The van der Waals surface area contributed by atoms with Crippen LogP contribution >= 0.6 is 0 Å². The average Bonchev–Trinajstić information content (AvgIpc) is 2.46. The first-order valence-electron chi connectivity index (χ1n) is 6.23. The van der Waals surface area contributed by atoms with Crippen molar-refractivity contribution in [2.45, 2.75) is 11.1 Å². The highest BCUT2D eigenvalue weighted by Gasteiger charge is 2.41. The normalized spacial score (nSPS) is 17.9. The van der Waals surface area contributed by atoms with Gasteiger partial charge in [-0.3, -0.25) is 0 Å². The molecule has 0 spiro atoms. The lowest BCUT2D eigenvalue weighted by atomic mass is 10.3. The number of nitrogens with one attached hydrogen (secondary N) is 1. The van der Waals surface area contributed by atoms with Gasteiger partial charge in [0.05, 0.1) is 4.90 Å². The van der Waals surface area contributed by atoms with Crippen LogP contribution in [0.3, 0.4) is 0 Å². The Hall–Kier alpha value is -1.61. The number of sulfonamides is 1. The molecule has 0 aromatic heterocycles. The van der Waals surface area contributed by atoms with Crippen molar-refractivity contribution in [2.24, 2.45) is 4.40 Å². The Kier molecular flexibility index (Phi) is 4.52. The largest absolute Gasteiger partial charge is 0.450 e. The van der Waals surface area contributed by atoms with E-state index in [4.69, 9.17) is 0 Å². The van der Waals surface area contributed by atoms with E-state index in [1.165, 1.54) is 24.3 Å². The SMILES string of the molecule is O=S(=O)(N=C(N1CCNCC1)C(F)(F)F)c1ccccc1. The van der Waals surface area contributed by atoms with E-state index < -0.39 is 22.0 Å². The van der Waals surface area contributed by atoms with Crippen LogP contribution in [0.5, 0.6) is 0 Å². The Morgan fingerprint density at radius 2 is 1.71 bits per heavy atom. The van der Waals surface area contributed by atoms with E-state index in [1.54, 1.807) is 6.07 Å². The molecule has 116 valence electrons. The Bertz CT molecular complexity index is 608. The maximum absolute atomic E-state index is 13.1. The minimum absolute atomic E-state index is 0.0582. The lowest BCUT2D eigenvalue weighted by molar-refractivity contribution is -0.0690. The number of piperazine rings is 1. The van der Waals surface area contributed by atoms with Crippen molar-refractivity contribution in [3.8, 4) is 0 Å². The third-order valence-electron chi connectivity index (χ3n) is 2.92. The summed E-state index contributed by atoms with van der Waals surface area (Å²) >= 11 is 0. The van der Waals surface area contributed by atoms with Crippen molar-refractivity contribution in [1.82, 2.24) is 10.2 Å². The Morgan fingerprint density at radius 1 is 1.14 bits per heavy atom. The summed E-state index contributed by atoms with van der Waals surface area (Å²) < 4.78 is 66.3. The third-order valence-corrected chi connectivity index (χ3v) is 4.20.